The summed E-state index contributed by atoms with van der Waals surface area (Å²) in [6.07, 6.45) is 3.53. The van der Waals surface area contributed by atoms with Gasteiger partial charge in [0.1, 0.15) is 17.3 Å². The molecule has 0 saturated carbocycles. The highest BCUT2D eigenvalue weighted by atomic mass is 79.9. The first kappa shape index (κ1) is 16.3. The van der Waals surface area contributed by atoms with Crippen LogP contribution in [0.2, 0.25) is 0 Å². The molecule has 0 aliphatic heterocycles. The molecule has 0 radical (unpaired) electrons. The van der Waals surface area contributed by atoms with Crippen LogP contribution in [0.1, 0.15) is 5.56 Å². The molecule has 6 heteroatoms. The van der Waals surface area contributed by atoms with E-state index in [-0.39, 0.29) is 0 Å². The molecule has 0 amide bonds. The average molecular weight is 386 g/mol. The molecule has 122 valence electrons. The van der Waals surface area contributed by atoms with Crippen LogP contribution in [0, 0.1) is 0 Å². The first-order chi connectivity index (χ1) is 11.7. The summed E-state index contributed by atoms with van der Waals surface area (Å²) < 4.78 is 11.9. The van der Waals surface area contributed by atoms with Gasteiger partial charge in [-0.1, -0.05) is 12.1 Å². The van der Waals surface area contributed by atoms with Gasteiger partial charge in [0.15, 0.2) is 0 Å². The Bertz CT molecular complexity index is 792. The Morgan fingerprint density at radius 3 is 2.58 bits per heavy atom. The minimum Gasteiger partial charge on any atom is -0.497 e. The van der Waals surface area contributed by atoms with Crippen LogP contribution in [-0.2, 0) is 6.54 Å². The minimum atomic E-state index is 0.536. The van der Waals surface area contributed by atoms with Crippen molar-refractivity contribution in [2.45, 2.75) is 6.54 Å². The fraction of sp³-hybridized carbons (Fsp3) is 0.111. The standard InChI is InChI=1S/C18H16BrN3O2/c1-23-15-3-2-4-16(9-15)24-18-8-5-13(11-22-18)10-20-17-7-6-14(19)12-21-17/h2-9,11-12H,10H2,1H3,(H,20,21). The number of hydrogen-bond donors (Lipinski definition) is 1. The van der Waals surface area contributed by atoms with Crippen LogP contribution in [0.25, 0.3) is 0 Å². The number of pyridine rings is 2. The van der Waals surface area contributed by atoms with Gasteiger partial charge in [-0.05, 0) is 45.8 Å². The van der Waals surface area contributed by atoms with Gasteiger partial charge in [-0.15, -0.1) is 0 Å². The number of rotatable bonds is 6. The van der Waals surface area contributed by atoms with E-state index < -0.39 is 0 Å². The van der Waals surface area contributed by atoms with E-state index in [4.69, 9.17) is 9.47 Å². The summed E-state index contributed by atoms with van der Waals surface area (Å²) in [4.78, 5) is 8.59. The number of anilines is 1. The normalized spacial score (nSPS) is 10.2. The molecule has 2 aromatic heterocycles. The van der Waals surface area contributed by atoms with Gasteiger partial charge in [0.25, 0.3) is 0 Å². The molecule has 1 N–H and O–H groups in total. The second-order valence-electron chi connectivity index (χ2n) is 5.00. The fourth-order valence-corrected chi connectivity index (χ4v) is 2.27. The zero-order valence-corrected chi connectivity index (χ0v) is 14.7. The van der Waals surface area contributed by atoms with Crippen LogP contribution in [0.15, 0.2) is 65.4 Å². The zero-order valence-electron chi connectivity index (χ0n) is 13.1. The first-order valence-corrected chi connectivity index (χ1v) is 8.14. The van der Waals surface area contributed by atoms with Crippen LogP contribution in [-0.4, -0.2) is 17.1 Å². The predicted octanol–water partition coefficient (Wildman–Crippen LogP) is 4.65. The Kier molecular flexibility index (Phi) is 5.28. The molecule has 0 aliphatic carbocycles. The van der Waals surface area contributed by atoms with Crippen LogP contribution in [0.3, 0.4) is 0 Å². The summed E-state index contributed by atoms with van der Waals surface area (Å²) in [5, 5.41) is 3.24. The second-order valence-corrected chi connectivity index (χ2v) is 5.92. The number of halogens is 1. The largest absolute Gasteiger partial charge is 0.497 e. The van der Waals surface area contributed by atoms with Crippen molar-refractivity contribution in [1.29, 1.82) is 0 Å². The summed E-state index contributed by atoms with van der Waals surface area (Å²) in [6.45, 7) is 0.640. The van der Waals surface area contributed by atoms with Gasteiger partial charge in [0.05, 0.1) is 7.11 Å². The van der Waals surface area contributed by atoms with Crippen molar-refractivity contribution in [3.8, 4) is 17.4 Å². The monoisotopic (exact) mass is 385 g/mol. The molecule has 0 atom stereocenters. The van der Waals surface area contributed by atoms with Crippen LogP contribution in [0.5, 0.6) is 17.4 Å². The maximum absolute atomic E-state index is 5.72. The molecule has 2 heterocycles. The van der Waals surface area contributed by atoms with Crippen molar-refractivity contribution in [2.75, 3.05) is 12.4 Å². The van der Waals surface area contributed by atoms with E-state index in [1.807, 2.05) is 48.5 Å². The van der Waals surface area contributed by atoms with Gasteiger partial charge >= 0.3 is 0 Å². The number of aromatic nitrogens is 2. The maximum Gasteiger partial charge on any atom is 0.219 e. The highest BCUT2D eigenvalue weighted by Gasteiger charge is 2.02. The SMILES string of the molecule is COc1cccc(Oc2ccc(CNc3ccc(Br)cn3)cn2)c1. The van der Waals surface area contributed by atoms with E-state index in [1.165, 1.54) is 0 Å². The molecule has 24 heavy (non-hydrogen) atoms. The summed E-state index contributed by atoms with van der Waals surface area (Å²) >= 11 is 3.36. The third kappa shape index (κ3) is 4.45. The molecule has 0 bridgehead atoms. The third-order valence-electron chi connectivity index (χ3n) is 3.26. The molecule has 1 aromatic carbocycles. The van der Waals surface area contributed by atoms with Crippen LogP contribution < -0.4 is 14.8 Å². The third-order valence-corrected chi connectivity index (χ3v) is 3.73. The lowest BCUT2D eigenvalue weighted by molar-refractivity contribution is 0.407. The van der Waals surface area contributed by atoms with Crippen molar-refractivity contribution in [2.24, 2.45) is 0 Å². The molecule has 0 fully saturated rings. The summed E-state index contributed by atoms with van der Waals surface area (Å²) in [5.41, 5.74) is 1.04. The number of hydrogen-bond acceptors (Lipinski definition) is 5. The van der Waals surface area contributed by atoms with E-state index in [0.717, 1.165) is 21.6 Å². The predicted molar refractivity (Wildman–Crippen MR) is 96.6 cm³/mol. The lowest BCUT2D eigenvalue weighted by Crippen LogP contribution is -2.01. The highest BCUT2D eigenvalue weighted by Crippen LogP contribution is 2.23. The van der Waals surface area contributed by atoms with E-state index >= 15 is 0 Å². The Labute approximate surface area is 148 Å². The van der Waals surface area contributed by atoms with Gasteiger partial charge in [0, 0.05) is 35.5 Å². The van der Waals surface area contributed by atoms with Gasteiger partial charge < -0.3 is 14.8 Å². The average Bonchev–Trinajstić information content (AvgIpc) is 2.63. The topological polar surface area (TPSA) is 56.3 Å². The van der Waals surface area contributed by atoms with Gasteiger partial charge in [0.2, 0.25) is 5.88 Å². The molecule has 0 spiro atoms. The molecule has 0 saturated heterocycles. The molecule has 0 aliphatic rings. The summed E-state index contributed by atoms with van der Waals surface area (Å²) in [7, 11) is 1.62. The molecular formula is C18H16BrN3O2. The quantitative estimate of drug-likeness (QED) is 0.668. The Balaban J connectivity index is 1.59. The maximum atomic E-state index is 5.72. The number of nitrogens with zero attached hydrogens (tertiary/aromatic N) is 2. The van der Waals surface area contributed by atoms with E-state index in [2.05, 4.69) is 31.2 Å². The number of benzene rings is 1. The Morgan fingerprint density at radius 1 is 1.00 bits per heavy atom. The second kappa shape index (κ2) is 7.79. The van der Waals surface area contributed by atoms with Crippen molar-refractivity contribution >= 4 is 21.7 Å². The molecular weight excluding hydrogens is 370 g/mol. The summed E-state index contributed by atoms with van der Waals surface area (Å²) in [6, 6.07) is 15.1. The van der Waals surface area contributed by atoms with Crippen molar-refractivity contribution in [1.82, 2.24) is 9.97 Å². The molecule has 3 rings (SSSR count). The zero-order chi connectivity index (χ0) is 16.8. The van der Waals surface area contributed by atoms with Crippen LogP contribution >= 0.6 is 15.9 Å². The van der Waals surface area contributed by atoms with Gasteiger partial charge in [-0.3, -0.25) is 0 Å². The number of nitrogens with one attached hydrogen (secondary N) is 1. The fourth-order valence-electron chi connectivity index (χ4n) is 2.03. The van der Waals surface area contributed by atoms with E-state index in [1.54, 1.807) is 19.5 Å². The highest BCUT2D eigenvalue weighted by molar-refractivity contribution is 9.10. The van der Waals surface area contributed by atoms with Crippen molar-refractivity contribution in [3.63, 3.8) is 0 Å². The number of ether oxygens (including phenoxy) is 2. The van der Waals surface area contributed by atoms with Crippen molar-refractivity contribution < 1.29 is 9.47 Å². The molecule has 0 unspecified atom stereocenters. The summed E-state index contributed by atoms with van der Waals surface area (Å²) in [5.74, 6) is 2.78. The Hall–Kier alpha value is -2.60. The lowest BCUT2D eigenvalue weighted by Gasteiger charge is -2.08. The Morgan fingerprint density at radius 2 is 1.88 bits per heavy atom. The van der Waals surface area contributed by atoms with E-state index in [9.17, 15) is 0 Å². The minimum absolute atomic E-state index is 0.536. The van der Waals surface area contributed by atoms with Gasteiger partial charge in [-0.2, -0.15) is 0 Å². The van der Waals surface area contributed by atoms with Crippen molar-refractivity contribution in [3.05, 3.63) is 71.0 Å². The van der Waals surface area contributed by atoms with E-state index in [0.29, 0.717) is 18.2 Å². The molecule has 3 aromatic rings. The van der Waals surface area contributed by atoms with Gasteiger partial charge in [-0.25, -0.2) is 9.97 Å². The number of methoxy groups -OCH3 is 1. The smallest absolute Gasteiger partial charge is 0.219 e. The first-order valence-electron chi connectivity index (χ1n) is 7.35. The van der Waals surface area contributed by atoms with Crippen LogP contribution in [0.4, 0.5) is 5.82 Å². The lowest BCUT2D eigenvalue weighted by atomic mass is 10.3. The molecule has 5 nitrogen and oxygen atoms in total.